The van der Waals surface area contributed by atoms with Crippen molar-refractivity contribution >= 4 is 28.9 Å². The van der Waals surface area contributed by atoms with E-state index in [0.717, 1.165) is 18.7 Å². The Kier molecular flexibility index (Phi) is 4.51. The van der Waals surface area contributed by atoms with Crippen LogP contribution < -0.4 is 15.5 Å². The molecule has 1 atom stereocenters. The minimum atomic E-state index is -0.247. The second kappa shape index (κ2) is 6.74. The predicted molar refractivity (Wildman–Crippen MR) is 96.3 cm³/mol. The van der Waals surface area contributed by atoms with Gasteiger partial charge >= 0.3 is 0 Å². The van der Waals surface area contributed by atoms with Crippen LogP contribution in [0.25, 0.3) is 0 Å². The fraction of sp³-hybridized carbons (Fsp3) is 0.263. The van der Waals surface area contributed by atoms with Crippen molar-refractivity contribution in [1.82, 2.24) is 0 Å². The lowest BCUT2D eigenvalue weighted by Crippen LogP contribution is -2.41. The zero-order valence-corrected chi connectivity index (χ0v) is 13.9. The van der Waals surface area contributed by atoms with Crippen molar-refractivity contribution in [2.24, 2.45) is 0 Å². The molecule has 1 aliphatic rings. The first kappa shape index (κ1) is 16.1. The molecule has 5 nitrogen and oxygen atoms in total. The smallest absolute Gasteiger partial charge is 0.246 e. The number of nitrogens with zero attached hydrogens (tertiary/aromatic N) is 1. The zero-order chi connectivity index (χ0) is 17.1. The maximum Gasteiger partial charge on any atom is 0.246 e. The number of anilines is 3. The maximum atomic E-state index is 12.5. The fourth-order valence-corrected chi connectivity index (χ4v) is 2.99. The molecule has 0 saturated carbocycles. The van der Waals surface area contributed by atoms with Crippen molar-refractivity contribution in [2.75, 3.05) is 22.1 Å². The summed E-state index contributed by atoms with van der Waals surface area (Å²) in [6.07, 6.45) is 0.971. The number of nitrogens with one attached hydrogen (secondary N) is 2. The molecule has 0 unspecified atom stereocenters. The molecule has 2 N–H and O–H groups in total. The molecule has 0 fully saturated rings. The van der Waals surface area contributed by atoms with E-state index in [1.54, 1.807) is 24.3 Å². The number of fused-ring (bicyclic) bond motifs is 1. The Bertz CT molecular complexity index is 755. The highest BCUT2D eigenvalue weighted by atomic mass is 16.2. The molecule has 0 aromatic heterocycles. The summed E-state index contributed by atoms with van der Waals surface area (Å²) in [7, 11) is 0. The molecule has 1 aliphatic heterocycles. The van der Waals surface area contributed by atoms with E-state index in [1.807, 2.05) is 19.1 Å². The van der Waals surface area contributed by atoms with Crippen LogP contribution >= 0.6 is 0 Å². The molecule has 5 heteroatoms. The van der Waals surface area contributed by atoms with E-state index >= 15 is 0 Å². The second-order valence-electron chi connectivity index (χ2n) is 6.00. The molecule has 2 aromatic rings. The third kappa shape index (κ3) is 3.40. The molecule has 0 spiro atoms. The predicted octanol–water partition coefficient (Wildman–Crippen LogP) is 3.03. The summed E-state index contributed by atoms with van der Waals surface area (Å²) in [5, 5.41) is 5.64. The van der Waals surface area contributed by atoms with E-state index in [0.29, 0.717) is 11.4 Å². The maximum absolute atomic E-state index is 12.5. The summed E-state index contributed by atoms with van der Waals surface area (Å²) in [6, 6.07) is 15.1. The van der Waals surface area contributed by atoms with Crippen LogP contribution in [-0.4, -0.2) is 24.4 Å². The highest BCUT2D eigenvalue weighted by Crippen LogP contribution is 2.29. The minimum Gasteiger partial charge on any atom is -0.359 e. The van der Waals surface area contributed by atoms with E-state index in [9.17, 15) is 9.59 Å². The molecule has 0 saturated heterocycles. The molecule has 3 rings (SSSR count). The number of benzene rings is 2. The highest BCUT2D eigenvalue weighted by molar-refractivity contribution is 5.97. The lowest BCUT2D eigenvalue weighted by molar-refractivity contribution is -0.117. The first-order valence-electron chi connectivity index (χ1n) is 8.07. The van der Waals surface area contributed by atoms with Gasteiger partial charge in [0.25, 0.3) is 0 Å². The van der Waals surface area contributed by atoms with Gasteiger partial charge in [-0.3, -0.25) is 9.59 Å². The van der Waals surface area contributed by atoms with Gasteiger partial charge in [0.2, 0.25) is 11.8 Å². The Morgan fingerprint density at radius 2 is 1.62 bits per heavy atom. The van der Waals surface area contributed by atoms with Gasteiger partial charge in [0.05, 0.1) is 0 Å². The average Bonchev–Trinajstić information content (AvgIpc) is 2.99. The number of rotatable bonds is 4. The molecule has 124 valence electrons. The van der Waals surface area contributed by atoms with E-state index < -0.39 is 0 Å². The lowest BCUT2D eigenvalue weighted by Gasteiger charge is -2.26. The third-order valence-corrected chi connectivity index (χ3v) is 4.24. The number of amides is 2. The number of carbonyl (C=O) groups excluding carboxylic acids is 2. The molecule has 24 heavy (non-hydrogen) atoms. The number of hydrogen-bond acceptors (Lipinski definition) is 3. The Morgan fingerprint density at radius 3 is 2.29 bits per heavy atom. The van der Waals surface area contributed by atoms with Gasteiger partial charge in [-0.05, 0) is 49.2 Å². The topological polar surface area (TPSA) is 61.4 Å². The van der Waals surface area contributed by atoms with Crippen LogP contribution in [0.4, 0.5) is 17.1 Å². The van der Waals surface area contributed by atoms with Crippen LogP contribution in [0, 0.1) is 0 Å². The van der Waals surface area contributed by atoms with Crippen LogP contribution in [0.2, 0.25) is 0 Å². The number of para-hydroxylation sites is 1. The second-order valence-corrected chi connectivity index (χ2v) is 6.00. The van der Waals surface area contributed by atoms with E-state index in [-0.39, 0.29) is 17.9 Å². The van der Waals surface area contributed by atoms with Gasteiger partial charge in [-0.25, -0.2) is 0 Å². The summed E-state index contributed by atoms with van der Waals surface area (Å²) in [4.78, 5) is 25.7. The Hall–Kier alpha value is -2.82. The monoisotopic (exact) mass is 323 g/mol. The molecule has 2 amide bonds. The zero-order valence-electron chi connectivity index (χ0n) is 13.9. The molecular weight excluding hydrogens is 302 g/mol. The van der Waals surface area contributed by atoms with Gasteiger partial charge in [0.15, 0.2) is 0 Å². The Labute approximate surface area is 141 Å². The van der Waals surface area contributed by atoms with Crippen LogP contribution in [0.1, 0.15) is 19.4 Å². The van der Waals surface area contributed by atoms with Crippen molar-refractivity contribution in [3.8, 4) is 0 Å². The van der Waals surface area contributed by atoms with E-state index in [4.69, 9.17) is 0 Å². The van der Waals surface area contributed by atoms with Gasteiger partial charge in [-0.1, -0.05) is 18.2 Å². The number of hydrogen-bond donors (Lipinski definition) is 2. The van der Waals surface area contributed by atoms with Gasteiger partial charge in [-0.2, -0.15) is 0 Å². The van der Waals surface area contributed by atoms with Gasteiger partial charge < -0.3 is 15.5 Å². The molecule has 0 radical (unpaired) electrons. The molecule has 1 heterocycles. The van der Waals surface area contributed by atoms with E-state index in [2.05, 4.69) is 27.7 Å². The SMILES string of the molecule is CC(=O)Nc1ccc(NC(=O)[C@@H](C)N2CCc3ccccc32)cc1. The Balaban J connectivity index is 1.66. The van der Waals surface area contributed by atoms with Crippen molar-refractivity contribution < 1.29 is 9.59 Å². The van der Waals surface area contributed by atoms with Gasteiger partial charge in [0, 0.05) is 30.5 Å². The number of carbonyl (C=O) groups is 2. The fourth-order valence-electron chi connectivity index (χ4n) is 2.99. The highest BCUT2D eigenvalue weighted by Gasteiger charge is 2.27. The molecule has 0 bridgehead atoms. The van der Waals surface area contributed by atoms with Gasteiger partial charge in [0.1, 0.15) is 6.04 Å². The molecular formula is C19H21N3O2. The minimum absolute atomic E-state index is 0.0426. The summed E-state index contributed by atoms with van der Waals surface area (Å²) >= 11 is 0. The van der Waals surface area contributed by atoms with Crippen molar-refractivity contribution in [3.05, 3.63) is 54.1 Å². The quantitative estimate of drug-likeness (QED) is 0.909. The van der Waals surface area contributed by atoms with Crippen LogP contribution in [0.3, 0.4) is 0 Å². The van der Waals surface area contributed by atoms with Crippen molar-refractivity contribution in [3.63, 3.8) is 0 Å². The lowest BCUT2D eigenvalue weighted by atomic mass is 10.1. The Morgan fingerprint density at radius 1 is 1.00 bits per heavy atom. The first-order chi connectivity index (χ1) is 11.5. The largest absolute Gasteiger partial charge is 0.359 e. The normalized spacial score (nSPS) is 14.0. The van der Waals surface area contributed by atoms with Crippen LogP contribution in [-0.2, 0) is 16.0 Å². The van der Waals surface area contributed by atoms with Crippen LogP contribution in [0.15, 0.2) is 48.5 Å². The first-order valence-corrected chi connectivity index (χ1v) is 8.07. The van der Waals surface area contributed by atoms with E-state index in [1.165, 1.54) is 12.5 Å². The van der Waals surface area contributed by atoms with Gasteiger partial charge in [-0.15, -0.1) is 0 Å². The van der Waals surface area contributed by atoms with Crippen molar-refractivity contribution in [2.45, 2.75) is 26.3 Å². The van der Waals surface area contributed by atoms with Crippen molar-refractivity contribution in [1.29, 1.82) is 0 Å². The summed E-state index contributed by atoms with van der Waals surface area (Å²) in [6.45, 7) is 4.24. The molecule has 0 aliphatic carbocycles. The van der Waals surface area contributed by atoms with Crippen LogP contribution in [0.5, 0.6) is 0 Å². The summed E-state index contributed by atoms with van der Waals surface area (Å²) in [5.41, 5.74) is 3.86. The third-order valence-electron chi connectivity index (χ3n) is 4.24. The summed E-state index contributed by atoms with van der Waals surface area (Å²) < 4.78 is 0. The average molecular weight is 323 g/mol. The molecule has 2 aromatic carbocycles. The standard InChI is InChI=1S/C19H21N3O2/c1-13(22-12-11-15-5-3-4-6-18(15)22)19(24)21-17-9-7-16(8-10-17)20-14(2)23/h3-10,13H,11-12H2,1-2H3,(H,20,23)(H,21,24)/t13-/m1/s1. The summed E-state index contributed by atoms with van der Waals surface area (Å²) in [5.74, 6) is -0.160.